The van der Waals surface area contributed by atoms with E-state index in [4.69, 9.17) is 0 Å². The van der Waals surface area contributed by atoms with Gasteiger partial charge in [0.2, 0.25) is 0 Å². The van der Waals surface area contributed by atoms with Crippen LogP contribution in [-0.4, -0.2) is 15.6 Å². The second kappa shape index (κ2) is 5.31. The van der Waals surface area contributed by atoms with Crippen molar-refractivity contribution in [3.63, 3.8) is 0 Å². The predicted molar refractivity (Wildman–Crippen MR) is 76.6 cm³/mol. The molecule has 3 heteroatoms. The average molecular weight is 257 g/mol. The maximum atomic E-state index is 11.3. The first-order valence-corrected chi connectivity index (χ1v) is 6.58. The first kappa shape index (κ1) is 13.4. The third kappa shape index (κ3) is 2.55. The quantitative estimate of drug-likeness (QED) is 0.899. The summed E-state index contributed by atoms with van der Waals surface area (Å²) in [5.41, 5.74) is 3.63. The van der Waals surface area contributed by atoms with Crippen LogP contribution in [0.5, 0.6) is 0 Å². The number of benzene rings is 1. The van der Waals surface area contributed by atoms with Gasteiger partial charge in [-0.05, 0) is 49.6 Å². The van der Waals surface area contributed by atoms with Gasteiger partial charge in [-0.15, -0.1) is 0 Å². The zero-order valence-corrected chi connectivity index (χ0v) is 11.6. The third-order valence-electron chi connectivity index (χ3n) is 3.28. The van der Waals surface area contributed by atoms with Crippen molar-refractivity contribution in [3.8, 4) is 11.3 Å². The van der Waals surface area contributed by atoms with Crippen LogP contribution in [-0.2, 0) is 6.42 Å². The van der Waals surface area contributed by atoms with Crippen molar-refractivity contribution < 1.29 is 9.90 Å². The van der Waals surface area contributed by atoms with Gasteiger partial charge in [0, 0.05) is 11.7 Å². The predicted octanol–water partition coefficient (Wildman–Crippen LogP) is 4.00. The van der Waals surface area contributed by atoms with Gasteiger partial charge in [0.05, 0.1) is 0 Å². The lowest BCUT2D eigenvalue weighted by molar-refractivity contribution is 0.0683. The van der Waals surface area contributed by atoms with E-state index in [1.165, 1.54) is 5.56 Å². The van der Waals surface area contributed by atoms with Gasteiger partial charge in [0.1, 0.15) is 5.69 Å². The van der Waals surface area contributed by atoms with Crippen molar-refractivity contribution in [1.82, 2.24) is 4.57 Å². The molecule has 0 saturated heterocycles. The van der Waals surface area contributed by atoms with Gasteiger partial charge in [0.15, 0.2) is 0 Å². The van der Waals surface area contributed by atoms with Gasteiger partial charge in [-0.2, -0.15) is 0 Å². The number of carboxylic acids is 1. The van der Waals surface area contributed by atoms with Gasteiger partial charge in [-0.3, -0.25) is 0 Å². The van der Waals surface area contributed by atoms with Crippen LogP contribution < -0.4 is 0 Å². The van der Waals surface area contributed by atoms with E-state index in [1.54, 1.807) is 6.07 Å². The molecule has 100 valence electrons. The number of nitrogens with zero attached hydrogens (tertiary/aromatic N) is 1. The number of rotatable bonds is 4. The van der Waals surface area contributed by atoms with Crippen LogP contribution in [0.25, 0.3) is 11.3 Å². The van der Waals surface area contributed by atoms with Crippen molar-refractivity contribution in [3.05, 3.63) is 47.7 Å². The molecule has 1 N–H and O–H groups in total. The highest BCUT2D eigenvalue weighted by molar-refractivity contribution is 5.87. The fourth-order valence-corrected chi connectivity index (χ4v) is 2.36. The molecule has 0 atom stereocenters. The number of hydrogen-bond donors (Lipinski definition) is 1. The molecular weight excluding hydrogens is 238 g/mol. The summed E-state index contributed by atoms with van der Waals surface area (Å²) in [7, 11) is 0. The Labute approximate surface area is 113 Å². The maximum Gasteiger partial charge on any atom is 0.352 e. The van der Waals surface area contributed by atoms with E-state index in [0.29, 0.717) is 5.69 Å². The van der Waals surface area contributed by atoms with Crippen LogP contribution in [0.3, 0.4) is 0 Å². The van der Waals surface area contributed by atoms with Crippen LogP contribution in [0.15, 0.2) is 36.4 Å². The lowest BCUT2D eigenvalue weighted by atomic mass is 10.1. The third-order valence-corrected chi connectivity index (χ3v) is 3.28. The minimum absolute atomic E-state index is 0.112. The minimum Gasteiger partial charge on any atom is -0.477 e. The minimum atomic E-state index is -0.883. The summed E-state index contributed by atoms with van der Waals surface area (Å²) in [6.07, 6.45) is 0.974. The summed E-state index contributed by atoms with van der Waals surface area (Å²) in [6.45, 7) is 6.11. The molecule has 2 rings (SSSR count). The van der Waals surface area contributed by atoms with Crippen molar-refractivity contribution in [2.75, 3.05) is 0 Å². The van der Waals surface area contributed by atoms with E-state index in [1.807, 2.05) is 36.6 Å². The standard InChI is InChI=1S/C16H19NO2/c1-4-12-6-5-7-13(10-12)14-8-9-15(16(18)19)17(14)11(2)3/h5-11H,4H2,1-3H3,(H,18,19). The maximum absolute atomic E-state index is 11.3. The van der Waals surface area contributed by atoms with E-state index in [-0.39, 0.29) is 6.04 Å². The van der Waals surface area contributed by atoms with E-state index < -0.39 is 5.97 Å². The van der Waals surface area contributed by atoms with Gasteiger partial charge < -0.3 is 9.67 Å². The van der Waals surface area contributed by atoms with Gasteiger partial charge in [-0.25, -0.2) is 4.79 Å². The van der Waals surface area contributed by atoms with E-state index >= 15 is 0 Å². The summed E-state index contributed by atoms with van der Waals surface area (Å²) in [5.74, 6) is -0.883. The molecule has 1 aromatic heterocycles. The van der Waals surface area contributed by atoms with Crippen LogP contribution in [0.1, 0.15) is 42.9 Å². The lowest BCUT2D eigenvalue weighted by Gasteiger charge is -2.16. The second-order valence-corrected chi connectivity index (χ2v) is 4.93. The smallest absolute Gasteiger partial charge is 0.352 e. The zero-order chi connectivity index (χ0) is 14.0. The van der Waals surface area contributed by atoms with Crippen molar-refractivity contribution in [2.24, 2.45) is 0 Å². The molecule has 0 unspecified atom stereocenters. The van der Waals surface area contributed by atoms with E-state index in [0.717, 1.165) is 17.7 Å². The Balaban J connectivity index is 2.58. The normalized spacial score (nSPS) is 10.9. The topological polar surface area (TPSA) is 42.2 Å². The molecule has 0 aliphatic heterocycles. The average Bonchev–Trinajstić information content (AvgIpc) is 2.83. The summed E-state index contributed by atoms with van der Waals surface area (Å²) in [4.78, 5) is 11.3. The summed E-state index contributed by atoms with van der Waals surface area (Å²) in [6, 6.07) is 11.9. The highest BCUT2D eigenvalue weighted by Gasteiger charge is 2.17. The molecule has 0 aliphatic rings. The Morgan fingerprint density at radius 1 is 1.26 bits per heavy atom. The number of aromatic nitrogens is 1. The molecule has 0 radical (unpaired) electrons. The SMILES string of the molecule is CCc1cccc(-c2ccc(C(=O)O)n2C(C)C)c1. The Hall–Kier alpha value is -2.03. The van der Waals surface area contributed by atoms with Crippen molar-refractivity contribution in [1.29, 1.82) is 0 Å². The molecule has 0 amide bonds. The molecule has 0 spiro atoms. The van der Waals surface area contributed by atoms with E-state index in [9.17, 15) is 9.90 Å². The molecule has 1 aromatic carbocycles. The monoisotopic (exact) mass is 257 g/mol. The van der Waals surface area contributed by atoms with Crippen LogP contribution in [0, 0.1) is 0 Å². The molecule has 0 fully saturated rings. The molecular formula is C16H19NO2. The number of carbonyl (C=O) groups is 1. The first-order chi connectivity index (χ1) is 9.04. The fraction of sp³-hybridized carbons (Fsp3) is 0.312. The van der Waals surface area contributed by atoms with E-state index in [2.05, 4.69) is 19.1 Å². The van der Waals surface area contributed by atoms with Crippen molar-refractivity contribution in [2.45, 2.75) is 33.2 Å². The lowest BCUT2D eigenvalue weighted by Crippen LogP contribution is -2.11. The molecule has 0 aliphatic carbocycles. The van der Waals surface area contributed by atoms with Gasteiger partial charge in [-0.1, -0.05) is 25.1 Å². The highest BCUT2D eigenvalue weighted by Crippen LogP contribution is 2.27. The number of aromatic carboxylic acids is 1. The van der Waals surface area contributed by atoms with Gasteiger partial charge in [0.25, 0.3) is 0 Å². The largest absolute Gasteiger partial charge is 0.477 e. The zero-order valence-electron chi connectivity index (χ0n) is 11.6. The number of carboxylic acid groups (broad SMARTS) is 1. The number of hydrogen-bond acceptors (Lipinski definition) is 1. The van der Waals surface area contributed by atoms with Crippen LogP contribution >= 0.6 is 0 Å². The Morgan fingerprint density at radius 3 is 2.58 bits per heavy atom. The Morgan fingerprint density at radius 2 is 2.00 bits per heavy atom. The first-order valence-electron chi connectivity index (χ1n) is 6.58. The number of aryl methyl sites for hydroxylation is 1. The van der Waals surface area contributed by atoms with Crippen molar-refractivity contribution >= 4 is 5.97 Å². The molecule has 19 heavy (non-hydrogen) atoms. The van der Waals surface area contributed by atoms with Gasteiger partial charge >= 0.3 is 5.97 Å². The summed E-state index contributed by atoms with van der Waals surface area (Å²) >= 11 is 0. The summed E-state index contributed by atoms with van der Waals surface area (Å²) in [5, 5.41) is 9.25. The Bertz CT molecular complexity index is 597. The Kier molecular flexibility index (Phi) is 3.74. The highest BCUT2D eigenvalue weighted by atomic mass is 16.4. The molecule has 2 aromatic rings. The second-order valence-electron chi connectivity index (χ2n) is 4.93. The molecule has 0 bridgehead atoms. The van der Waals surface area contributed by atoms with Crippen LogP contribution in [0.2, 0.25) is 0 Å². The molecule has 0 saturated carbocycles. The summed E-state index contributed by atoms with van der Waals surface area (Å²) < 4.78 is 1.87. The van der Waals surface area contributed by atoms with Crippen LogP contribution in [0.4, 0.5) is 0 Å². The molecule has 1 heterocycles. The molecule has 3 nitrogen and oxygen atoms in total. The fourth-order valence-electron chi connectivity index (χ4n) is 2.36.